The van der Waals surface area contributed by atoms with Crippen molar-refractivity contribution in [2.24, 2.45) is 5.73 Å². The fourth-order valence-corrected chi connectivity index (χ4v) is 10.3. The van der Waals surface area contributed by atoms with Gasteiger partial charge in [0.05, 0.1) is 38.8 Å². The number of nitrogens with one attached hydrogen (secondary N) is 11. The second-order valence-electron chi connectivity index (χ2n) is 22.5. The molecule has 1 aliphatic heterocycles. The topological polar surface area (TPSA) is 449 Å². The van der Waals surface area contributed by atoms with Crippen LogP contribution in [-0.4, -0.2) is 229 Å². The first kappa shape index (κ1) is 74.1. The number of likely N-dealkylation sites (N-methyl/N-ethyl adjacent to an activating group) is 1. The third kappa shape index (κ3) is 27.0. The molecular formula is C63H87N15O15. The number of hydrogen-bond donors (Lipinski definition) is 16. The number of nitrogens with two attached hydrogens (primary N) is 1. The van der Waals surface area contributed by atoms with Crippen molar-refractivity contribution in [3.63, 3.8) is 0 Å². The van der Waals surface area contributed by atoms with Gasteiger partial charge in [0, 0.05) is 89.4 Å². The Morgan fingerprint density at radius 3 is 1.91 bits per heavy atom. The van der Waals surface area contributed by atoms with Crippen LogP contribution >= 0.6 is 0 Å². The predicted octanol–water partition coefficient (Wildman–Crippen LogP) is -1.13. The van der Waals surface area contributed by atoms with Crippen molar-refractivity contribution >= 4 is 88.0 Å². The van der Waals surface area contributed by atoms with Gasteiger partial charge in [-0.2, -0.15) is 0 Å². The van der Waals surface area contributed by atoms with Gasteiger partial charge < -0.3 is 79.3 Å². The fourth-order valence-electron chi connectivity index (χ4n) is 10.3. The van der Waals surface area contributed by atoms with Crippen LogP contribution in [0.2, 0.25) is 0 Å². The monoisotopic (exact) mass is 1290 g/mol. The minimum Gasteiger partial charge on any atom is -0.508 e. The number of phenolic OH excluding ortho intramolecular Hbond substituents is 1. The van der Waals surface area contributed by atoms with E-state index in [1.165, 1.54) is 36.2 Å². The number of unbranched alkanes of at least 4 members (excludes halogenated alkanes) is 2. The van der Waals surface area contributed by atoms with Crippen LogP contribution in [0.5, 0.6) is 5.75 Å². The van der Waals surface area contributed by atoms with Crippen molar-refractivity contribution in [1.29, 1.82) is 5.41 Å². The van der Waals surface area contributed by atoms with Crippen LogP contribution in [-0.2, 0) is 60.8 Å². The number of phenols is 1. The number of guanidine groups is 1. The van der Waals surface area contributed by atoms with E-state index >= 15 is 0 Å². The molecule has 0 bridgehead atoms. The van der Waals surface area contributed by atoms with Crippen molar-refractivity contribution < 1.29 is 73.2 Å². The Labute approximate surface area is 538 Å². The number of nitrogens with zero attached hydrogens (tertiary/aromatic N) is 3. The van der Waals surface area contributed by atoms with Gasteiger partial charge in [0.1, 0.15) is 17.8 Å². The van der Waals surface area contributed by atoms with Gasteiger partial charge in [-0.05, 0) is 104 Å². The molecule has 0 aliphatic carbocycles. The van der Waals surface area contributed by atoms with E-state index in [1.54, 1.807) is 34.1 Å². The zero-order valence-electron chi connectivity index (χ0n) is 52.1. The highest BCUT2D eigenvalue weighted by Gasteiger charge is 2.43. The van der Waals surface area contributed by atoms with E-state index in [0.717, 1.165) is 10.8 Å². The van der Waals surface area contributed by atoms with E-state index in [4.69, 9.17) is 21.4 Å². The fraction of sp³-hybridized carbons (Fsp3) is 0.460. The number of carboxylic acid groups (broad SMARTS) is 3. The van der Waals surface area contributed by atoms with Gasteiger partial charge in [-0.1, -0.05) is 61.0 Å². The second kappa shape index (κ2) is 38.9. The number of carbonyl (C=O) groups is 11. The molecular weight excluding hydrogens is 1210 g/mol. The summed E-state index contributed by atoms with van der Waals surface area (Å²) >= 11 is 0. The summed E-state index contributed by atoms with van der Waals surface area (Å²) in [7, 11) is 1.45. The second-order valence-corrected chi connectivity index (χ2v) is 22.5. The zero-order valence-corrected chi connectivity index (χ0v) is 52.1. The highest BCUT2D eigenvalue weighted by atomic mass is 16.4. The average Bonchev–Trinajstić information content (AvgIpc) is 0.801. The first-order valence-electron chi connectivity index (χ1n) is 30.7. The summed E-state index contributed by atoms with van der Waals surface area (Å²) in [5, 5.41) is 74.5. The third-order valence-corrected chi connectivity index (χ3v) is 15.3. The molecule has 30 nitrogen and oxygen atoms in total. The van der Waals surface area contributed by atoms with E-state index < -0.39 is 77.8 Å². The maximum Gasteiger partial charge on any atom is 0.317 e. The summed E-state index contributed by atoms with van der Waals surface area (Å²) in [6.07, 6.45) is 2.39. The van der Waals surface area contributed by atoms with Crippen LogP contribution in [0.25, 0.3) is 10.8 Å². The van der Waals surface area contributed by atoms with E-state index in [9.17, 15) is 63.0 Å². The summed E-state index contributed by atoms with van der Waals surface area (Å²) in [6, 6.07) is 21.4. The van der Waals surface area contributed by atoms with Crippen molar-refractivity contribution in [1.82, 2.24) is 62.6 Å². The molecule has 4 aromatic carbocycles. The number of aliphatic carboxylic acids is 3. The number of anilines is 1. The molecule has 0 spiro atoms. The number of aromatic hydroxyl groups is 1. The molecule has 0 unspecified atom stereocenters. The molecule has 4 atom stereocenters. The number of hydrogen-bond acceptors (Lipinski definition) is 18. The minimum atomic E-state index is -1.97. The van der Waals surface area contributed by atoms with Gasteiger partial charge in [-0.3, -0.25) is 72.8 Å². The van der Waals surface area contributed by atoms with Gasteiger partial charge >= 0.3 is 17.9 Å². The lowest BCUT2D eigenvalue weighted by atomic mass is 9.95. The van der Waals surface area contributed by atoms with Crippen LogP contribution in [0, 0.1) is 5.41 Å². The molecule has 504 valence electrons. The molecule has 1 aliphatic rings. The highest BCUT2D eigenvalue weighted by molar-refractivity contribution is 5.97. The summed E-state index contributed by atoms with van der Waals surface area (Å²) in [6.45, 7) is 0.409. The molecule has 0 aromatic heterocycles. The number of benzene rings is 4. The number of rotatable bonds is 38. The lowest BCUT2D eigenvalue weighted by molar-refractivity contribution is -0.141. The zero-order chi connectivity index (χ0) is 67.7. The molecule has 1 saturated heterocycles. The van der Waals surface area contributed by atoms with Crippen LogP contribution in [0.3, 0.4) is 0 Å². The van der Waals surface area contributed by atoms with Crippen LogP contribution in [0.1, 0.15) is 72.9 Å². The number of carbonyl (C=O) groups excluding carboxylic acids is 8. The molecule has 0 saturated carbocycles. The molecule has 5 rings (SSSR count). The lowest BCUT2D eigenvalue weighted by Crippen LogP contribution is -2.68. The number of carboxylic acids is 3. The first-order chi connectivity index (χ1) is 44.5. The van der Waals surface area contributed by atoms with E-state index in [-0.39, 0.29) is 153 Å². The van der Waals surface area contributed by atoms with Crippen LogP contribution in [0.15, 0.2) is 91.0 Å². The van der Waals surface area contributed by atoms with E-state index in [0.29, 0.717) is 48.9 Å². The Bertz CT molecular complexity index is 3190. The van der Waals surface area contributed by atoms with Gasteiger partial charge in [0.15, 0.2) is 17.9 Å². The summed E-state index contributed by atoms with van der Waals surface area (Å²) in [5.41, 5.74) is 5.40. The Balaban J connectivity index is 1.18. The number of aldehydes is 1. The maximum atomic E-state index is 14.9. The van der Waals surface area contributed by atoms with Crippen LogP contribution < -0.4 is 58.9 Å². The minimum absolute atomic E-state index is 0.00227. The smallest absolute Gasteiger partial charge is 0.317 e. The third-order valence-electron chi connectivity index (χ3n) is 15.3. The maximum absolute atomic E-state index is 14.9. The van der Waals surface area contributed by atoms with Crippen molar-refractivity contribution in [2.75, 3.05) is 104 Å². The van der Waals surface area contributed by atoms with Gasteiger partial charge in [-0.15, -0.1) is 0 Å². The predicted molar refractivity (Wildman–Crippen MR) is 344 cm³/mol. The average molecular weight is 1290 g/mol. The van der Waals surface area contributed by atoms with Crippen molar-refractivity contribution in [2.45, 2.75) is 88.0 Å². The van der Waals surface area contributed by atoms with E-state index in [2.05, 4.69) is 53.2 Å². The normalized spacial score (nSPS) is 17.3. The van der Waals surface area contributed by atoms with Gasteiger partial charge in [-0.25, -0.2) is 0 Å². The molecule has 93 heavy (non-hydrogen) atoms. The molecule has 30 heteroatoms. The summed E-state index contributed by atoms with van der Waals surface area (Å²) in [5.74, 6) is -7.59. The summed E-state index contributed by atoms with van der Waals surface area (Å²) < 4.78 is 0. The number of fused-ring (bicyclic) bond motifs is 1. The first-order valence-corrected chi connectivity index (χ1v) is 30.7. The molecule has 17 N–H and O–H groups in total. The molecule has 7 amide bonds. The summed E-state index contributed by atoms with van der Waals surface area (Å²) in [4.78, 5) is 148. The molecule has 4 aromatic rings. The lowest BCUT2D eigenvalue weighted by Gasteiger charge is -2.42. The quantitative estimate of drug-likeness (QED) is 0.0109. The molecule has 0 radical (unpaired) electrons. The highest BCUT2D eigenvalue weighted by Crippen LogP contribution is 2.24. The number of amides is 7. The molecule has 1 heterocycles. The van der Waals surface area contributed by atoms with E-state index in [1.807, 2.05) is 42.5 Å². The Morgan fingerprint density at radius 1 is 0.656 bits per heavy atom. The van der Waals surface area contributed by atoms with Gasteiger partial charge in [0.2, 0.25) is 35.4 Å². The Kier molecular flexibility index (Phi) is 31.0. The largest absolute Gasteiger partial charge is 0.508 e. The molecule has 1 fully saturated rings. The Morgan fingerprint density at radius 2 is 1.27 bits per heavy atom. The van der Waals surface area contributed by atoms with Gasteiger partial charge in [0.25, 0.3) is 5.91 Å². The Hall–Kier alpha value is -9.62. The van der Waals surface area contributed by atoms with Crippen molar-refractivity contribution in [3.05, 3.63) is 108 Å². The SMILES string of the molecule is CN1[C@H](CCCNC(=O)c2ccc(NC(=O)CCCCCNC(=O)CN(CCNCC(=O)O)CCN(CCNCC(=O)O)CC(=O)O)cc2)C(=O)N[C@@H](CCCNC(=N)N)C(=O)N[C@@H](Cc2ccc3ccccc3c2)C(=O)NCC(=O)N[C@]1(C=O)Cc1ccc(O)cc1. The van der Waals surface area contributed by atoms with Crippen LogP contribution in [0.4, 0.5) is 5.69 Å². The standard InChI is InChI=1S/C63H87N15O15/c1-76-51(12-8-25-69-58(90)45-18-20-47(21-19-45)72-52(81)13-3-2-6-24-68-54(83)39-77(29-27-66-37-55(84)85)31-32-78(40-57(88)89)30-28-67-38-56(86)87)61(93)73-49(11-7-26-70-62(64)65)60(92)74-50(34-43-14-17-44-9-4-5-10-46(44)33-43)59(91)71-36-53(82)75-63(76,41-79)35-42-15-22-48(80)23-16-42/h4-5,9-10,14-23,33,41,49-51,66-67,80H,2-3,6-8,11-13,24-32,34-40H2,1H3,(H,68,83)(H,69,90)(H,71,91)(H,72,81)(H,73,93)(H,74,92)(H,75,82)(H,84,85)(H,86,87)(H,88,89)(H4,64,65,70)/t49-,50-,51+,63+/m0/s1. The van der Waals surface area contributed by atoms with Crippen molar-refractivity contribution in [3.8, 4) is 5.75 Å².